The second-order valence-corrected chi connectivity index (χ2v) is 4.04. The molecule has 1 atom stereocenters. The van der Waals surface area contributed by atoms with Gasteiger partial charge in [-0.15, -0.1) is 0 Å². The predicted molar refractivity (Wildman–Crippen MR) is 66.2 cm³/mol. The fraction of sp³-hybridized carbons (Fsp3) is 0.286. The number of benzene rings is 1. The summed E-state index contributed by atoms with van der Waals surface area (Å²) in [6, 6.07) is 12.4. The van der Waals surface area contributed by atoms with Crippen molar-refractivity contribution in [3.63, 3.8) is 0 Å². The molecule has 1 aromatic heterocycles. The summed E-state index contributed by atoms with van der Waals surface area (Å²) in [5, 5.41) is 7.80. The van der Waals surface area contributed by atoms with Gasteiger partial charge in [0.05, 0.1) is 5.69 Å². The minimum absolute atomic E-state index is 0.536. The first kappa shape index (κ1) is 10.8. The van der Waals surface area contributed by atoms with E-state index >= 15 is 0 Å². The van der Waals surface area contributed by atoms with Crippen LogP contribution in [0.1, 0.15) is 31.9 Å². The van der Waals surface area contributed by atoms with E-state index in [-0.39, 0.29) is 0 Å². The minimum atomic E-state index is 0.536. The van der Waals surface area contributed by atoms with Crippen molar-refractivity contribution in [1.82, 2.24) is 10.2 Å². The molecular weight excluding hydrogens is 196 g/mol. The highest BCUT2D eigenvalue weighted by molar-refractivity contribution is 5.75. The van der Waals surface area contributed by atoms with E-state index in [9.17, 15) is 0 Å². The SMILES string of the molecule is CCC(C)c1cccnn1.c1cc2ccc1-2. The third-order valence-electron chi connectivity index (χ3n) is 2.93. The zero-order valence-corrected chi connectivity index (χ0v) is 9.72. The predicted octanol–water partition coefficient (Wildman–Crippen LogP) is 3.66. The zero-order valence-electron chi connectivity index (χ0n) is 9.72. The average Bonchev–Trinajstić information content (AvgIpc) is 2.34. The molecule has 1 unspecified atom stereocenters. The molecule has 0 amide bonds. The van der Waals surface area contributed by atoms with Crippen molar-refractivity contribution in [2.24, 2.45) is 0 Å². The van der Waals surface area contributed by atoms with Gasteiger partial charge in [-0.3, -0.25) is 0 Å². The smallest absolute Gasteiger partial charge is 0.0659 e. The van der Waals surface area contributed by atoms with Gasteiger partial charge in [-0.1, -0.05) is 38.1 Å². The largest absolute Gasteiger partial charge is 0.159 e. The lowest BCUT2D eigenvalue weighted by molar-refractivity contribution is 0.690. The highest BCUT2D eigenvalue weighted by Gasteiger charge is 2.04. The van der Waals surface area contributed by atoms with Gasteiger partial charge in [-0.25, -0.2) is 0 Å². The van der Waals surface area contributed by atoms with E-state index in [2.05, 4.69) is 48.3 Å². The van der Waals surface area contributed by atoms with Gasteiger partial charge < -0.3 is 0 Å². The Morgan fingerprint density at radius 1 is 1.06 bits per heavy atom. The Morgan fingerprint density at radius 3 is 2.00 bits per heavy atom. The summed E-state index contributed by atoms with van der Waals surface area (Å²) in [4.78, 5) is 0. The van der Waals surface area contributed by atoms with Crippen molar-refractivity contribution in [2.75, 3.05) is 0 Å². The molecule has 0 bridgehead atoms. The molecule has 2 heteroatoms. The number of nitrogens with zero attached hydrogens (tertiary/aromatic N) is 2. The maximum Gasteiger partial charge on any atom is 0.0659 e. The Morgan fingerprint density at radius 2 is 1.69 bits per heavy atom. The average molecular weight is 212 g/mol. The number of rotatable bonds is 2. The molecule has 0 fully saturated rings. The third kappa shape index (κ3) is 2.27. The summed E-state index contributed by atoms with van der Waals surface area (Å²) < 4.78 is 0. The van der Waals surface area contributed by atoms with E-state index in [4.69, 9.17) is 0 Å². The van der Waals surface area contributed by atoms with Crippen LogP contribution in [0.5, 0.6) is 0 Å². The highest BCUT2D eigenvalue weighted by Crippen LogP contribution is 2.29. The van der Waals surface area contributed by atoms with Crippen molar-refractivity contribution < 1.29 is 0 Å². The van der Waals surface area contributed by atoms with Gasteiger partial charge in [0.1, 0.15) is 0 Å². The van der Waals surface area contributed by atoms with Crippen LogP contribution in [0.2, 0.25) is 0 Å². The maximum atomic E-state index is 4.00. The van der Waals surface area contributed by atoms with Crippen LogP contribution in [0.15, 0.2) is 42.6 Å². The topological polar surface area (TPSA) is 25.8 Å². The number of hydrogen-bond acceptors (Lipinski definition) is 2. The van der Waals surface area contributed by atoms with Crippen LogP contribution in [0.25, 0.3) is 11.1 Å². The van der Waals surface area contributed by atoms with Crippen LogP contribution in [0.4, 0.5) is 0 Å². The maximum absolute atomic E-state index is 4.00. The van der Waals surface area contributed by atoms with Crippen molar-refractivity contribution in [1.29, 1.82) is 0 Å². The molecule has 2 aliphatic carbocycles. The summed E-state index contributed by atoms with van der Waals surface area (Å²) in [6.45, 7) is 4.31. The minimum Gasteiger partial charge on any atom is -0.159 e. The van der Waals surface area contributed by atoms with Gasteiger partial charge in [0.2, 0.25) is 0 Å². The third-order valence-corrected chi connectivity index (χ3v) is 2.93. The Hall–Kier alpha value is -1.70. The molecule has 0 N–H and O–H groups in total. The Bertz CT molecular complexity index is 413. The first-order chi connectivity index (χ1) is 7.81. The van der Waals surface area contributed by atoms with Gasteiger partial charge in [-0.2, -0.15) is 10.2 Å². The van der Waals surface area contributed by atoms with Gasteiger partial charge >= 0.3 is 0 Å². The molecule has 0 spiro atoms. The summed E-state index contributed by atoms with van der Waals surface area (Å²) >= 11 is 0. The molecule has 82 valence electrons. The normalized spacial score (nSPS) is 12.4. The standard InChI is InChI=1S/C8H12N2.C6H4/c1-3-7(2)8-5-4-6-9-10-8;1-2-6-4-3-5(1)6/h4-7H,3H2,1-2H3;1-4H. The Labute approximate surface area is 96.4 Å². The van der Waals surface area contributed by atoms with E-state index in [0.29, 0.717) is 5.92 Å². The van der Waals surface area contributed by atoms with Crippen molar-refractivity contribution in [2.45, 2.75) is 26.2 Å². The van der Waals surface area contributed by atoms with E-state index in [0.717, 1.165) is 12.1 Å². The second-order valence-electron chi connectivity index (χ2n) is 4.04. The summed E-state index contributed by atoms with van der Waals surface area (Å²) in [5.41, 5.74) is 3.94. The highest BCUT2D eigenvalue weighted by atomic mass is 15.1. The fourth-order valence-corrected chi connectivity index (χ4v) is 1.45. The van der Waals surface area contributed by atoms with Crippen LogP contribution >= 0.6 is 0 Å². The van der Waals surface area contributed by atoms with E-state index in [1.165, 1.54) is 11.1 Å². The van der Waals surface area contributed by atoms with Crippen molar-refractivity contribution in [3.8, 4) is 11.1 Å². The molecule has 0 saturated heterocycles. The van der Waals surface area contributed by atoms with E-state index < -0.39 is 0 Å². The van der Waals surface area contributed by atoms with Crippen molar-refractivity contribution >= 4 is 0 Å². The molecule has 1 aromatic rings. The van der Waals surface area contributed by atoms with Gasteiger partial charge in [-0.05, 0) is 35.6 Å². The summed E-state index contributed by atoms with van der Waals surface area (Å²) in [5.74, 6) is 0.536. The number of hydrogen-bond donors (Lipinski definition) is 0. The lowest BCUT2D eigenvalue weighted by Gasteiger charge is -2.10. The first-order valence-electron chi connectivity index (χ1n) is 5.69. The van der Waals surface area contributed by atoms with E-state index in [1.54, 1.807) is 6.20 Å². The quantitative estimate of drug-likeness (QED) is 0.648. The molecule has 0 radical (unpaired) electrons. The molecule has 3 rings (SSSR count). The van der Waals surface area contributed by atoms with Crippen LogP contribution in [-0.4, -0.2) is 10.2 Å². The van der Waals surface area contributed by atoms with Crippen LogP contribution in [-0.2, 0) is 0 Å². The fourth-order valence-electron chi connectivity index (χ4n) is 1.45. The van der Waals surface area contributed by atoms with Crippen LogP contribution in [0, 0.1) is 0 Å². The summed E-state index contributed by atoms with van der Waals surface area (Å²) in [6.07, 6.45) is 2.82. The first-order valence-corrected chi connectivity index (χ1v) is 5.69. The van der Waals surface area contributed by atoms with Gasteiger partial charge in [0.15, 0.2) is 0 Å². The monoisotopic (exact) mass is 212 g/mol. The number of aromatic nitrogens is 2. The van der Waals surface area contributed by atoms with Gasteiger partial charge in [0.25, 0.3) is 0 Å². The lowest BCUT2D eigenvalue weighted by atomic mass is 9.95. The molecule has 16 heavy (non-hydrogen) atoms. The van der Waals surface area contributed by atoms with E-state index in [1.807, 2.05) is 12.1 Å². The zero-order chi connectivity index (χ0) is 11.4. The van der Waals surface area contributed by atoms with Crippen molar-refractivity contribution in [3.05, 3.63) is 48.3 Å². The molecular formula is C14H16N2. The Balaban J connectivity index is 0.000000134. The van der Waals surface area contributed by atoms with Crippen LogP contribution < -0.4 is 0 Å². The second kappa shape index (κ2) is 4.88. The molecule has 2 aliphatic rings. The molecule has 2 nitrogen and oxygen atoms in total. The molecule has 1 heterocycles. The molecule has 0 aliphatic heterocycles. The number of fused-ring (bicyclic) bond motifs is 1. The molecule has 0 aromatic carbocycles. The van der Waals surface area contributed by atoms with Gasteiger partial charge in [0, 0.05) is 6.20 Å². The molecule has 0 saturated carbocycles. The summed E-state index contributed by atoms with van der Waals surface area (Å²) in [7, 11) is 0. The van der Waals surface area contributed by atoms with Crippen LogP contribution in [0.3, 0.4) is 0 Å². The lowest BCUT2D eigenvalue weighted by Crippen LogP contribution is -1.95. The Kier molecular flexibility index (Phi) is 3.30.